The zero-order chi connectivity index (χ0) is 11.6. The topological polar surface area (TPSA) is 43.1 Å². The van der Waals surface area contributed by atoms with E-state index in [0.29, 0.717) is 0 Å². The molecule has 15 heavy (non-hydrogen) atoms. The van der Waals surface area contributed by atoms with Crippen LogP contribution in [0.3, 0.4) is 0 Å². The highest BCUT2D eigenvalue weighted by molar-refractivity contribution is 6.31. The second kappa shape index (κ2) is 4.68. The molecular formula is C10H10ClF2NO. The summed E-state index contributed by atoms with van der Waals surface area (Å²) in [6, 6.07) is 2.86. The molecule has 1 unspecified atom stereocenters. The summed E-state index contributed by atoms with van der Waals surface area (Å²) >= 11 is 5.63. The first-order valence-corrected chi connectivity index (χ1v) is 4.68. The van der Waals surface area contributed by atoms with E-state index in [0.717, 1.165) is 6.07 Å². The summed E-state index contributed by atoms with van der Waals surface area (Å²) in [5.41, 5.74) is 4.91. The first-order chi connectivity index (χ1) is 6.93. The van der Waals surface area contributed by atoms with Crippen LogP contribution in [-0.4, -0.2) is 11.8 Å². The molecule has 1 atom stereocenters. The molecule has 0 spiro atoms. The molecule has 0 saturated carbocycles. The maximum absolute atomic E-state index is 12.5. The Hall–Kier alpha value is -1.00. The third-order valence-corrected chi connectivity index (χ3v) is 2.16. The molecule has 0 aromatic heterocycles. The Balaban J connectivity index is 3.24. The van der Waals surface area contributed by atoms with Crippen LogP contribution in [0.4, 0.5) is 8.78 Å². The Morgan fingerprint density at radius 3 is 2.53 bits per heavy atom. The predicted octanol–water partition coefficient (Wildman–Crippen LogP) is 2.81. The van der Waals surface area contributed by atoms with Crippen LogP contribution < -0.4 is 5.73 Å². The van der Waals surface area contributed by atoms with Crippen molar-refractivity contribution >= 4 is 17.4 Å². The quantitative estimate of drug-likeness (QED) is 0.816. The fourth-order valence-electron chi connectivity index (χ4n) is 1.18. The van der Waals surface area contributed by atoms with Gasteiger partial charge in [-0.25, -0.2) is 8.78 Å². The first-order valence-electron chi connectivity index (χ1n) is 4.31. The van der Waals surface area contributed by atoms with E-state index in [1.54, 1.807) is 0 Å². The van der Waals surface area contributed by atoms with Crippen molar-refractivity contribution in [2.24, 2.45) is 5.73 Å². The number of ketones is 1. The van der Waals surface area contributed by atoms with Crippen molar-refractivity contribution < 1.29 is 13.6 Å². The lowest BCUT2D eigenvalue weighted by atomic mass is 10.0. The smallest absolute Gasteiger partial charge is 0.264 e. The van der Waals surface area contributed by atoms with E-state index in [-0.39, 0.29) is 16.1 Å². The van der Waals surface area contributed by atoms with Gasteiger partial charge in [0.15, 0.2) is 5.78 Å². The van der Waals surface area contributed by atoms with E-state index in [2.05, 4.69) is 0 Å². The van der Waals surface area contributed by atoms with Gasteiger partial charge in [0.05, 0.1) is 6.04 Å². The summed E-state index contributed by atoms with van der Waals surface area (Å²) in [7, 11) is 0. The molecule has 0 amide bonds. The van der Waals surface area contributed by atoms with Crippen LogP contribution in [0.1, 0.15) is 29.3 Å². The first kappa shape index (κ1) is 12.1. The van der Waals surface area contributed by atoms with E-state index in [1.165, 1.54) is 19.1 Å². The highest BCUT2D eigenvalue weighted by Gasteiger charge is 2.20. The molecule has 0 aliphatic carbocycles. The zero-order valence-electron chi connectivity index (χ0n) is 8.01. The Bertz CT molecular complexity index is 380. The maximum atomic E-state index is 12.5. The van der Waals surface area contributed by atoms with Crippen molar-refractivity contribution in [1.82, 2.24) is 0 Å². The van der Waals surface area contributed by atoms with Gasteiger partial charge >= 0.3 is 0 Å². The summed E-state index contributed by atoms with van der Waals surface area (Å²) < 4.78 is 25.1. The van der Waals surface area contributed by atoms with Gasteiger partial charge in [0.2, 0.25) is 0 Å². The van der Waals surface area contributed by atoms with Gasteiger partial charge in [-0.05, 0) is 19.1 Å². The average molecular weight is 234 g/mol. The molecule has 0 aliphatic rings. The molecule has 1 rings (SSSR count). The van der Waals surface area contributed by atoms with Crippen molar-refractivity contribution in [2.75, 3.05) is 0 Å². The van der Waals surface area contributed by atoms with Gasteiger partial charge in [-0.1, -0.05) is 17.7 Å². The minimum atomic E-state index is -2.71. The van der Waals surface area contributed by atoms with Gasteiger partial charge in [-0.15, -0.1) is 0 Å². The maximum Gasteiger partial charge on any atom is 0.264 e. The van der Waals surface area contributed by atoms with Crippen LogP contribution in [0.25, 0.3) is 0 Å². The van der Waals surface area contributed by atoms with Gasteiger partial charge in [-0.2, -0.15) is 0 Å². The second-order valence-corrected chi connectivity index (χ2v) is 3.62. The summed E-state index contributed by atoms with van der Waals surface area (Å²) in [6.45, 7) is 1.44. The van der Waals surface area contributed by atoms with Gasteiger partial charge in [0.25, 0.3) is 6.43 Å². The van der Waals surface area contributed by atoms with Gasteiger partial charge in [0.1, 0.15) is 0 Å². The standard InChI is InChI=1S/C10H10ClF2NO/c1-5(14)9(15)8-4-6(11)2-3-7(8)10(12)13/h2-5,10H,14H2,1H3. The number of rotatable bonds is 3. The number of hydrogen-bond donors (Lipinski definition) is 1. The molecule has 1 aromatic rings. The molecular weight excluding hydrogens is 224 g/mol. The number of Topliss-reactive ketones (excluding diaryl/α,β-unsaturated/α-hetero) is 1. The van der Waals surface area contributed by atoms with E-state index >= 15 is 0 Å². The lowest BCUT2D eigenvalue weighted by Crippen LogP contribution is -2.27. The number of hydrogen-bond acceptors (Lipinski definition) is 2. The number of nitrogens with two attached hydrogens (primary N) is 1. The fraction of sp³-hybridized carbons (Fsp3) is 0.300. The lowest BCUT2D eigenvalue weighted by molar-refractivity contribution is 0.0954. The number of halogens is 3. The van der Waals surface area contributed by atoms with Crippen molar-refractivity contribution in [2.45, 2.75) is 19.4 Å². The molecule has 5 heteroatoms. The molecule has 0 radical (unpaired) electrons. The molecule has 0 aliphatic heterocycles. The molecule has 2 N–H and O–H groups in total. The van der Waals surface area contributed by atoms with Crippen molar-refractivity contribution in [1.29, 1.82) is 0 Å². The molecule has 1 aromatic carbocycles. The third kappa shape index (κ3) is 2.73. The molecule has 0 bridgehead atoms. The third-order valence-electron chi connectivity index (χ3n) is 1.93. The summed E-state index contributed by atoms with van der Waals surface area (Å²) in [5.74, 6) is -0.534. The lowest BCUT2D eigenvalue weighted by Gasteiger charge is -2.10. The summed E-state index contributed by atoms with van der Waals surface area (Å²) in [5, 5.41) is 0.239. The minimum Gasteiger partial charge on any atom is -0.321 e. The van der Waals surface area contributed by atoms with E-state index < -0.39 is 18.3 Å². The molecule has 0 heterocycles. The highest BCUT2D eigenvalue weighted by atomic mass is 35.5. The van der Waals surface area contributed by atoms with Crippen LogP contribution in [0, 0.1) is 0 Å². The van der Waals surface area contributed by atoms with Crippen molar-refractivity contribution in [3.05, 3.63) is 34.3 Å². The van der Waals surface area contributed by atoms with Crippen LogP contribution in [-0.2, 0) is 0 Å². The van der Waals surface area contributed by atoms with Crippen LogP contribution in [0.15, 0.2) is 18.2 Å². The average Bonchev–Trinajstić information content (AvgIpc) is 2.15. The molecule has 0 fully saturated rings. The van der Waals surface area contributed by atoms with Crippen LogP contribution in [0.5, 0.6) is 0 Å². The van der Waals surface area contributed by atoms with Gasteiger partial charge < -0.3 is 5.73 Å². The van der Waals surface area contributed by atoms with E-state index in [4.69, 9.17) is 17.3 Å². The number of benzene rings is 1. The Morgan fingerprint density at radius 2 is 2.07 bits per heavy atom. The highest BCUT2D eigenvalue weighted by Crippen LogP contribution is 2.26. The van der Waals surface area contributed by atoms with E-state index in [9.17, 15) is 13.6 Å². The predicted molar refractivity (Wildman–Crippen MR) is 54.4 cm³/mol. The fourth-order valence-corrected chi connectivity index (χ4v) is 1.35. The summed E-state index contributed by atoms with van der Waals surface area (Å²) in [6.07, 6.45) is -2.71. The number of carbonyl (C=O) groups is 1. The van der Waals surface area contributed by atoms with Gasteiger partial charge in [0, 0.05) is 16.1 Å². The normalized spacial score (nSPS) is 12.9. The zero-order valence-corrected chi connectivity index (χ0v) is 8.76. The number of carbonyl (C=O) groups excluding carboxylic acids is 1. The van der Waals surface area contributed by atoms with Crippen molar-refractivity contribution in [3.8, 4) is 0 Å². The van der Waals surface area contributed by atoms with Crippen molar-refractivity contribution in [3.63, 3.8) is 0 Å². The summed E-state index contributed by atoms with van der Waals surface area (Å²) in [4.78, 5) is 11.5. The Labute approximate surface area is 91.0 Å². The molecule has 82 valence electrons. The Kier molecular flexibility index (Phi) is 3.77. The molecule has 2 nitrogen and oxygen atoms in total. The largest absolute Gasteiger partial charge is 0.321 e. The number of alkyl halides is 2. The Morgan fingerprint density at radius 1 is 1.47 bits per heavy atom. The van der Waals surface area contributed by atoms with Gasteiger partial charge in [-0.3, -0.25) is 4.79 Å². The second-order valence-electron chi connectivity index (χ2n) is 3.19. The van der Waals surface area contributed by atoms with Crippen LogP contribution in [0.2, 0.25) is 5.02 Å². The monoisotopic (exact) mass is 233 g/mol. The molecule has 0 saturated heterocycles. The van der Waals surface area contributed by atoms with Crippen LogP contribution >= 0.6 is 11.6 Å². The van der Waals surface area contributed by atoms with E-state index in [1.807, 2.05) is 0 Å². The minimum absolute atomic E-state index is 0.104. The SMILES string of the molecule is CC(N)C(=O)c1cc(Cl)ccc1C(F)F.